The highest BCUT2D eigenvalue weighted by atomic mass is 16.2. The number of hydrogen-bond donors (Lipinski definition) is 2. The van der Waals surface area contributed by atoms with Crippen LogP contribution in [0, 0.1) is 5.41 Å². The molecule has 3 aliphatic heterocycles. The van der Waals surface area contributed by atoms with Crippen molar-refractivity contribution in [1.82, 2.24) is 15.2 Å². The lowest BCUT2D eigenvalue weighted by Crippen LogP contribution is -2.48. The Hall–Kier alpha value is -2.34. The summed E-state index contributed by atoms with van der Waals surface area (Å²) >= 11 is 0. The summed E-state index contributed by atoms with van der Waals surface area (Å²) in [7, 11) is 0. The molecule has 6 nitrogen and oxygen atoms in total. The molecule has 1 atom stereocenters. The van der Waals surface area contributed by atoms with Crippen molar-refractivity contribution in [2.45, 2.75) is 44.6 Å². The van der Waals surface area contributed by atoms with Crippen molar-refractivity contribution in [2.24, 2.45) is 5.41 Å². The molecule has 0 radical (unpaired) electrons. The van der Waals surface area contributed by atoms with Crippen LogP contribution in [0.25, 0.3) is 10.8 Å². The van der Waals surface area contributed by atoms with Crippen molar-refractivity contribution in [3.8, 4) is 0 Å². The third kappa shape index (κ3) is 3.20. The second kappa shape index (κ2) is 6.92. The minimum Gasteiger partial charge on any atom is -0.371 e. The number of hydrogen-bond acceptors (Lipinski definition) is 4. The maximum Gasteiger partial charge on any atom is 0.249 e. The second-order valence-corrected chi connectivity index (χ2v) is 8.76. The summed E-state index contributed by atoms with van der Waals surface area (Å²) in [6, 6.07) is 6.35. The highest BCUT2D eigenvalue weighted by Crippen LogP contribution is 2.40. The van der Waals surface area contributed by atoms with Gasteiger partial charge in [0.05, 0.1) is 0 Å². The van der Waals surface area contributed by atoms with Crippen molar-refractivity contribution >= 4 is 28.3 Å². The molecule has 1 spiro atoms. The molecule has 2 N–H and O–H groups in total. The zero-order chi connectivity index (χ0) is 19.1. The van der Waals surface area contributed by atoms with E-state index in [2.05, 4.69) is 39.9 Å². The number of piperidine rings is 3. The van der Waals surface area contributed by atoms with Gasteiger partial charge in [-0.25, -0.2) is 0 Å². The van der Waals surface area contributed by atoms with E-state index in [4.69, 9.17) is 0 Å². The van der Waals surface area contributed by atoms with Gasteiger partial charge in [-0.2, -0.15) is 0 Å². The number of rotatable bonds is 2. The molecular weight excluding hydrogens is 352 g/mol. The van der Waals surface area contributed by atoms with Gasteiger partial charge in [-0.1, -0.05) is 6.07 Å². The fraction of sp³-hybridized carbons (Fsp3) is 0.545. The van der Waals surface area contributed by atoms with Crippen LogP contribution in [0.2, 0.25) is 0 Å². The Kier molecular flexibility index (Phi) is 4.38. The van der Waals surface area contributed by atoms with Gasteiger partial charge in [0.15, 0.2) is 0 Å². The van der Waals surface area contributed by atoms with Gasteiger partial charge < -0.3 is 14.8 Å². The molecule has 4 heterocycles. The Morgan fingerprint density at radius 1 is 1.04 bits per heavy atom. The molecule has 2 aromatic rings. The lowest BCUT2D eigenvalue weighted by Gasteiger charge is -2.46. The van der Waals surface area contributed by atoms with Crippen LogP contribution in [-0.2, 0) is 9.59 Å². The predicted octanol–water partition coefficient (Wildman–Crippen LogP) is 2.59. The van der Waals surface area contributed by atoms with Crippen LogP contribution in [-0.4, -0.2) is 42.6 Å². The van der Waals surface area contributed by atoms with E-state index in [-0.39, 0.29) is 17.9 Å². The number of fused-ring (bicyclic) bond motifs is 1. The normalized spacial score (nSPS) is 25.3. The van der Waals surface area contributed by atoms with Crippen LogP contribution in [0.15, 0.2) is 30.6 Å². The van der Waals surface area contributed by atoms with Crippen molar-refractivity contribution in [2.75, 3.05) is 31.1 Å². The number of imide groups is 1. The molecule has 1 aromatic heterocycles. The molecule has 3 saturated heterocycles. The molecule has 0 saturated carbocycles. The summed E-state index contributed by atoms with van der Waals surface area (Å²) in [6.45, 7) is 4.55. The number of nitrogens with zero attached hydrogens (tertiary/aromatic N) is 2. The third-order valence-electron chi connectivity index (χ3n) is 6.91. The molecule has 1 aromatic carbocycles. The fourth-order valence-electron chi connectivity index (χ4n) is 5.29. The Labute approximate surface area is 165 Å². The summed E-state index contributed by atoms with van der Waals surface area (Å²) in [5.74, 6) is -0.363. The van der Waals surface area contributed by atoms with Gasteiger partial charge >= 0.3 is 0 Å². The van der Waals surface area contributed by atoms with Gasteiger partial charge in [-0.15, -0.1) is 0 Å². The maximum absolute atomic E-state index is 12.2. The minimum absolute atomic E-state index is 0.169. The SMILES string of the molecule is O=C1CCC(n2cc3ccc(N4CCCC5(CCNCC5)C4)cc3c2)C(=O)N1. The van der Waals surface area contributed by atoms with E-state index < -0.39 is 0 Å². The van der Waals surface area contributed by atoms with Crippen molar-refractivity contribution in [1.29, 1.82) is 0 Å². The van der Waals surface area contributed by atoms with E-state index in [1.54, 1.807) is 0 Å². The zero-order valence-corrected chi connectivity index (χ0v) is 16.2. The summed E-state index contributed by atoms with van der Waals surface area (Å²) < 4.78 is 1.97. The number of carbonyl (C=O) groups excluding carboxylic acids is 2. The van der Waals surface area contributed by atoms with E-state index >= 15 is 0 Å². The number of nitrogens with one attached hydrogen (secondary N) is 2. The molecule has 0 aliphatic carbocycles. The highest BCUT2D eigenvalue weighted by Gasteiger charge is 2.36. The van der Waals surface area contributed by atoms with Crippen LogP contribution in [0.1, 0.15) is 44.6 Å². The minimum atomic E-state index is -0.290. The lowest BCUT2D eigenvalue weighted by molar-refractivity contribution is -0.135. The number of carbonyl (C=O) groups is 2. The second-order valence-electron chi connectivity index (χ2n) is 8.76. The van der Waals surface area contributed by atoms with Crippen LogP contribution in [0.4, 0.5) is 5.69 Å². The van der Waals surface area contributed by atoms with E-state index in [1.807, 2.05) is 10.8 Å². The molecule has 0 bridgehead atoms. The average Bonchev–Trinajstić information content (AvgIpc) is 3.11. The number of benzene rings is 1. The van der Waals surface area contributed by atoms with E-state index in [0.29, 0.717) is 18.3 Å². The maximum atomic E-state index is 12.2. The number of amides is 2. The van der Waals surface area contributed by atoms with Gasteiger partial charge in [0.2, 0.25) is 11.8 Å². The molecule has 148 valence electrons. The summed E-state index contributed by atoms with van der Waals surface area (Å²) in [6.07, 6.45) is 10.2. The molecule has 3 fully saturated rings. The van der Waals surface area contributed by atoms with Crippen LogP contribution >= 0.6 is 0 Å². The van der Waals surface area contributed by atoms with Gasteiger partial charge in [-0.3, -0.25) is 14.9 Å². The summed E-state index contributed by atoms with van der Waals surface area (Å²) in [5.41, 5.74) is 1.75. The van der Waals surface area contributed by atoms with Gasteiger partial charge in [0.25, 0.3) is 0 Å². The van der Waals surface area contributed by atoms with Crippen LogP contribution < -0.4 is 15.5 Å². The van der Waals surface area contributed by atoms with E-state index in [9.17, 15) is 9.59 Å². The Bertz CT molecular complexity index is 907. The molecule has 6 heteroatoms. The smallest absolute Gasteiger partial charge is 0.249 e. The first kappa shape index (κ1) is 17.7. The first-order valence-corrected chi connectivity index (χ1v) is 10.5. The topological polar surface area (TPSA) is 66.4 Å². The molecule has 2 amide bonds. The van der Waals surface area contributed by atoms with Crippen molar-refractivity contribution < 1.29 is 9.59 Å². The van der Waals surface area contributed by atoms with Gasteiger partial charge in [0.1, 0.15) is 6.04 Å². The fourth-order valence-corrected chi connectivity index (χ4v) is 5.29. The Morgan fingerprint density at radius 3 is 2.68 bits per heavy atom. The standard InChI is InChI=1S/C22H28N4O2/c27-20-5-4-19(21(28)24-20)26-13-16-2-3-18(12-17(16)14-26)25-11-1-6-22(15-25)7-9-23-10-8-22/h2-3,12-14,19,23H,1,4-11,15H2,(H,24,27,28). The average molecular weight is 380 g/mol. The van der Waals surface area contributed by atoms with Gasteiger partial charge in [-0.05, 0) is 68.1 Å². The van der Waals surface area contributed by atoms with E-state index in [0.717, 1.165) is 37.0 Å². The predicted molar refractivity (Wildman–Crippen MR) is 109 cm³/mol. The molecular formula is C22H28N4O2. The highest BCUT2D eigenvalue weighted by molar-refractivity contribution is 5.99. The van der Waals surface area contributed by atoms with Gasteiger partial charge in [0, 0.05) is 43.0 Å². The molecule has 28 heavy (non-hydrogen) atoms. The lowest BCUT2D eigenvalue weighted by atomic mass is 9.73. The Morgan fingerprint density at radius 2 is 1.86 bits per heavy atom. The summed E-state index contributed by atoms with van der Waals surface area (Å²) in [5, 5.41) is 8.26. The van der Waals surface area contributed by atoms with Crippen LogP contribution in [0.3, 0.4) is 0 Å². The first-order chi connectivity index (χ1) is 13.6. The largest absolute Gasteiger partial charge is 0.371 e. The van der Waals surface area contributed by atoms with E-state index in [1.165, 1.54) is 31.4 Å². The number of anilines is 1. The Balaban J connectivity index is 1.39. The third-order valence-corrected chi connectivity index (χ3v) is 6.91. The van der Waals surface area contributed by atoms with Crippen molar-refractivity contribution in [3.63, 3.8) is 0 Å². The summed E-state index contributed by atoms with van der Waals surface area (Å²) in [4.78, 5) is 26.2. The number of aromatic nitrogens is 1. The van der Waals surface area contributed by atoms with Crippen molar-refractivity contribution in [3.05, 3.63) is 30.6 Å². The van der Waals surface area contributed by atoms with Crippen LogP contribution in [0.5, 0.6) is 0 Å². The zero-order valence-electron chi connectivity index (χ0n) is 16.2. The molecule has 1 unspecified atom stereocenters. The first-order valence-electron chi connectivity index (χ1n) is 10.5. The quantitative estimate of drug-likeness (QED) is 0.786. The molecule has 3 aliphatic rings. The monoisotopic (exact) mass is 380 g/mol. The molecule has 5 rings (SSSR count).